The van der Waals surface area contributed by atoms with Gasteiger partial charge in [0.25, 0.3) is 0 Å². The summed E-state index contributed by atoms with van der Waals surface area (Å²) in [6.07, 6.45) is 4.83. The molecule has 0 aromatic carbocycles. The smallest absolute Gasteiger partial charge is 0.0601 e. The Morgan fingerprint density at radius 1 is 1.31 bits per heavy atom. The maximum atomic E-state index is 5.85. The molecule has 2 nitrogen and oxygen atoms in total. The summed E-state index contributed by atoms with van der Waals surface area (Å²) in [5.74, 6) is 6.03. The standard InChI is InChI=1S/C11H20N2/c1-3-4-9-13(2)11-7-5-10(12)6-8-11/h10-11H,5-9,12H2,1-2H3. The highest BCUT2D eigenvalue weighted by atomic mass is 15.1. The van der Waals surface area contributed by atoms with Crippen molar-refractivity contribution in [2.24, 2.45) is 5.73 Å². The quantitative estimate of drug-likeness (QED) is 0.647. The molecule has 13 heavy (non-hydrogen) atoms. The zero-order valence-electron chi connectivity index (χ0n) is 8.71. The van der Waals surface area contributed by atoms with Gasteiger partial charge < -0.3 is 5.73 Å². The van der Waals surface area contributed by atoms with E-state index in [9.17, 15) is 0 Å². The van der Waals surface area contributed by atoms with Crippen molar-refractivity contribution in [3.63, 3.8) is 0 Å². The third-order valence-corrected chi connectivity index (χ3v) is 2.87. The lowest BCUT2D eigenvalue weighted by atomic mass is 9.91. The highest BCUT2D eigenvalue weighted by Crippen LogP contribution is 2.20. The van der Waals surface area contributed by atoms with Crippen LogP contribution in [0.2, 0.25) is 0 Å². The fourth-order valence-electron chi connectivity index (χ4n) is 1.88. The number of nitrogens with two attached hydrogens (primary N) is 1. The molecule has 1 rings (SSSR count). The van der Waals surface area contributed by atoms with Crippen molar-refractivity contribution < 1.29 is 0 Å². The van der Waals surface area contributed by atoms with Crippen molar-refractivity contribution in [1.29, 1.82) is 0 Å². The summed E-state index contributed by atoms with van der Waals surface area (Å²) in [6, 6.07) is 1.16. The zero-order valence-corrected chi connectivity index (χ0v) is 8.71. The number of rotatable bonds is 2. The minimum atomic E-state index is 0.446. The summed E-state index contributed by atoms with van der Waals surface area (Å²) < 4.78 is 0. The first kappa shape index (κ1) is 10.6. The lowest BCUT2D eigenvalue weighted by Crippen LogP contribution is -2.38. The van der Waals surface area contributed by atoms with Gasteiger partial charge in [-0.05, 0) is 39.7 Å². The topological polar surface area (TPSA) is 29.3 Å². The molecule has 1 saturated carbocycles. The van der Waals surface area contributed by atoms with Crippen LogP contribution in [0.1, 0.15) is 32.6 Å². The van der Waals surface area contributed by atoms with Crippen LogP contribution in [0.25, 0.3) is 0 Å². The van der Waals surface area contributed by atoms with Crippen molar-refractivity contribution >= 4 is 0 Å². The summed E-state index contributed by atoms with van der Waals surface area (Å²) in [6.45, 7) is 2.79. The van der Waals surface area contributed by atoms with E-state index in [-0.39, 0.29) is 0 Å². The highest BCUT2D eigenvalue weighted by Gasteiger charge is 2.20. The van der Waals surface area contributed by atoms with Crippen LogP contribution in [0.3, 0.4) is 0 Å². The van der Waals surface area contributed by atoms with E-state index < -0.39 is 0 Å². The Balaban J connectivity index is 2.29. The average molecular weight is 180 g/mol. The summed E-state index contributed by atoms with van der Waals surface area (Å²) >= 11 is 0. The van der Waals surface area contributed by atoms with Crippen LogP contribution < -0.4 is 5.73 Å². The van der Waals surface area contributed by atoms with Crippen LogP contribution in [0.4, 0.5) is 0 Å². The molecule has 0 amide bonds. The Morgan fingerprint density at radius 2 is 1.92 bits per heavy atom. The Morgan fingerprint density at radius 3 is 2.46 bits per heavy atom. The SMILES string of the molecule is CC#CCN(C)C1CCC(N)CC1. The van der Waals surface area contributed by atoms with Gasteiger partial charge in [0.2, 0.25) is 0 Å². The van der Waals surface area contributed by atoms with Gasteiger partial charge in [-0.15, -0.1) is 5.92 Å². The van der Waals surface area contributed by atoms with Crippen LogP contribution in [0, 0.1) is 11.8 Å². The van der Waals surface area contributed by atoms with E-state index >= 15 is 0 Å². The van der Waals surface area contributed by atoms with Gasteiger partial charge >= 0.3 is 0 Å². The Labute approximate surface area is 81.5 Å². The first-order valence-electron chi connectivity index (χ1n) is 5.09. The number of hydrogen-bond donors (Lipinski definition) is 1. The maximum absolute atomic E-state index is 5.85. The van der Waals surface area contributed by atoms with Gasteiger partial charge in [0, 0.05) is 12.1 Å². The van der Waals surface area contributed by atoms with Crippen molar-refractivity contribution in [1.82, 2.24) is 4.90 Å². The molecule has 0 spiro atoms. The molecule has 0 aliphatic heterocycles. The minimum absolute atomic E-state index is 0.446. The van der Waals surface area contributed by atoms with Crippen LogP contribution in [0.15, 0.2) is 0 Å². The summed E-state index contributed by atoms with van der Waals surface area (Å²) in [5.41, 5.74) is 5.85. The van der Waals surface area contributed by atoms with E-state index in [1.165, 1.54) is 25.7 Å². The predicted octanol–water partition coefficient (Wildman–Crippen LogP) is 1.21. The predicted molar refractivity (Wildman–Crippen MR) is 56.3 cm³/mol. The molecule has 1 fully saturated rings. The van der Waals surface area contributed by atoms with Crippen LogP contribution >= 0.6 is 0 Å². The summed E-state index contributed by atoms with van der Waals surface area (Å²) in [5, 5.41) is 0. The van der Waals surface area contributed by atoms with Gasteiger partial charge in [-0.2, -0.15) is 0 Å². The maximum Gasteiger partial charge on any atom is 0.0601 e. The van der Waals surface area contributed by atoms with Crippen LogP contribution in [-0.4, -0.2) is 30.6 Å². The van der Waals surface area contributed by atoms with Gasteiger partial charge in [0.15, 0.2) is 0 Å². The molecule has 0 saturated heterocycles. The molecule has 1 aliphatic rings. The fraction of sp³-hybridized carbons (Fsp3) is 0.818. The Bertz CT molecular complexity index is 194. The largest absolute Gasteiger partial charge is 0.328 e. The second kappa shape index (κ2) is 5.26. The summed E-state index contributed by atoms with van der Waals surface area (Å²) in [7, 11) is 2.16. The van der Waals surface area contributed by atoms with E-state index in [1.54, 1.807) is 0 Å². The molecule has 0 radical (unpaired) electrons. The highest BCUT2D eigenvalue weighted by molar-refractivity contribution is 4.98. The Hall–Kier alpha value is -0.520. The van der Waals surface area contributed by atoms with E-state index in [1.807, 2.05) is 6.92 Å². The molecule has 74 valence electrons. The third kappa shape index (κ3) is 3.38. The molecule has 0 aromatic rings. The normalized spacial score (nSPS) is 28.3. The van der Waals surface area contributed by atoms with Gasteiger partial charge in [-0.25, -0.2) is 0 Å². The van der Waals surface area contributed by atoms with Gasteiger partial charge in [0.05, 0.1) is 6.54 Å². The molecule has 2 heteroatoms. The molecule has 2 N–H and O–H groups in total. The van der Waals surface area contributed by atoms with Gasteiger partial charge in [-0.1, -0.05) is 5.92 Å². The zero-order chi connectivity index (χ0) is 9.68. The number of hydrogen-bond acceptors (Lipinski definition) is 2. The first-order chi connectivity index (χ1) is 6.24. The van der Waals surface area contributed by atoms with E-state index in [2.05, 4.69) is 23.8 Å². The molecule has 0 heterocycles. The first-order valence-corrected chi connectivity index (χ1v) is 5.09. The van der Waals surface area contributed by atoms with E-state index in [4.69, 9.17) is 5.73 Å². The third-order valence-electron chi connectivity index (χ3n) is 2.87. The lowest BCUT2D eigenvalue weighted by molar-refractivity contribution is 0.201. The van der Waals surface area contributed by atoms with Crippen molar-refractivity contribution in [3.8, 4) is 11.8 Å². The summed E-state index contributed by atoms with van der Waals surface area (Å²) in [4.78, 5) is 2.35. The molecular weight excluding hydrogens is 160 g/mol. The molecule has 1 aliphatic carbocycles. The van der Waals surface area contributed by atoms with Gasteiger partial charge in [-0.3, -0.25) is 4.90 Å². The Kier molecular flexibility index (Phi) is 4.27. The van der Waals surface area contributed by atoms with Crippen LogP contribution in [-0.2, 0) is 0 Å². The van der Waals surface area contributed by atoms with Crippen molar-refractivity contribution in [2.45, 2.75) is 44.7 Å². The average Bonchev–Trinajstić information content (AvgIpc) is 2.15. The van der Waals surface area contributed by atoms with E-state index in [0.717, 1.165) is 6.54 Å². The molecular formula is C11H20N2. The van der Waals surface area contributed by atoms with E-state index in [0.29, 0.717) is 12.1 Å². The lowest BCUT2D eigenvalue weighted by Gasteiger charge is -2.32. The second-order valence-electron chi connectivity index (χ2n) is 3.91. The van der Waals surface area contributed by atoms with Crippen LogP contribution in [0.5, 0.6) is 0 Å². The van der Waals surface area contributed by atoms with Crippen molar-refractivity contribution in [3.05, 3.63) is 0 Å². The molecule has 0 bridgehead atoms. The van der Waals surface area contributed by atoms with Crippen molar-refractivity contribution in [2.75, 3.05) is 13.6 Å². The second-order valence-corrected chi connectivity index (χ2v) is 3.91. The minimum Gasteiger partial charge on any atom is -0.328 e. The molecule has 0 aromatic heterocycles. The molecule has 0 atom stereocenters. The number of nitrogens with zero attached hydrogens (tertiary/aromatic N) is 1. The molecule has 0 unspecified atom stereocenters. The van der Waals surface area contributed by atoms with Gasteiger partial charge in [0.1, 0.15) is 0 Å². The fourth-order valence-corrected chi connectivity index (χ4v) is 1.88. The monoisotopic (exact) mass is 180 g/mol.